The fourth-order valence-electron chi connectivity index (χ4n) is 2.06. The van der Waals surface area contributed by atoms with E-state index >= 15 is 0 Å². The molecule has 1 aromatic rings. The van der Waals surface area contributed by atoms with E-state index in [4.69, 9.17) is 0 Å². The summed E-state index contributed by atoms with van der Waals surface area (Å²) in [6.45, 7) is 7.95. The number of nitrogens with one attached hydrogen (secondary N) is 1. The summed E-state index contributed by atoms with van der Waals surface area (Å²) in [6.07, 6.45) is 4.12. The van der Waals surface area contributed by atoms with Gasteiger partial charge in [0.25, 0.3) is 0 Å². The van der Waals surface area contributed by atoms with E-state index < -0.39 is 0 Å². The van der Waals surface area contributed by atoms with Gasteiger partial charge in [-0.05, 0) is 19.8 Å². The molecule has 106 valence electrons. The van der Waals surface area contributed by atoms with Gasteiger partial charge in [0.15, 0.2) is 0 Å². The molecule has 0 atom stereocenters. The second kappa shape index (κ2) is 6.14. The third-order valence-electron chi connectivity index (χ3n) is 3.22. The molecule has 19 heavy (non-hydrogen) atoms. The van der Waals surface area contributed by atoms with Crippen LogP contribution in [0.1, 0.15) is 39.3 Å². The van der Waals surface area contributed by atoms with Crippen LogP contribution in [0.5, 0.6) is 0 Å². The van der Waals surface area contributed by atoms with Gasteiger partial charge in [0.05, 0.1) is 11.9 Å². The minimum absolute atomic E-state index is 0.137. The van der Waals surface area contributed by atoms with Crippen LogP contribution in [0.3, 0.4) is 0 Å². The number of carbonyl (C=O) groups is 1. The zero-order valence-corrected chi connectivity index (χ0v) is 12.0. The number of rotatable bonds is 7. The molecule has 1 heterocycles. The summed E-state index contributed by atoms with van der Waals surface area (Å²) in [4.78, 5) is 14.1. The fourth-order valence-corrected chi connectivity index (χ4v) is 2.06. The van der Waals surface area contributed by atoms with Gasteiger partial charge in [0.2, 0.25) is 5.91 Å². The Balaban J connectivity index is 1.86. The van der Waals surface area contributed by atoms with Crippen molar-refractivity contribution in [1.82, 2.24) is 25.2 Å². The Bertz CT molecular complexity index is 424. The molecule has 0 radical (unpaired) electrons. The van der Waals surface area contributed by atoms with Crippen molar-refractivity contribution in [3.05, 3.63) is 11.9 Å². The van der Waals surface area contributed by atoms with Crippen LogP contribution in [0.4, 0.5) is 0 Å². The van der Waals surface area contributed by atoms with E-state index in [9.17, 15) is 4.79 Å². The predicted octanol–water partition coefficient (Wildman–Crippen LogP) is 0.787. The minimum atomic E-state index is 0.137. The molecule has 0 saturated heterocycles. The third kappa shape index (κ3) is 4.02. The summed E-state index contributed by atoms with van der Waals surface area (Å²) in [5.41, 5.74) is 0.871. The van der Waals surface area contributed by atoms with Gasteiger partial charge in [0, 0.05) is 25.2 Å². The molecule has 0 bridgehead atoms. The maximum Gasteiger partial charge on any atom is 0.244 e. The van der Waals surface area contributed by atoms with Crippen molar-refractivity contribution in [2.75, 3.05) is 6.54 Å². The smallest absolute Gasteiger partial charge is 0.244 e. The van der Waals surface area contributed by atoms with Crippen LogP contribution in [0, 0.1) is 0 Å². The summed E-state index contributed by atoms with van der Waals surface area (Å²) >= 11 is 0. The molecule has 1 aromatic heterocycles. The summed E-state index contributed by atoms with van der Waals surface area (Å²) in [6, 6.07) is 0.875. The zero-order valence-electron chi connectivity index (χ0n) is 12.0. The van der Waals surface area contributed by atoms with E-state index in [0.29, 0.717) is 25.2 Å². The van der Waals surface area contributed by atoms with Crippen LogP contribution in [-0.2, 0) is 17.9 Å². The normalized spacial score (nSPS) is 14.9. The predicted molar refractivity (Wildman–Crippen MR) is 72.4 cm³/mol. The number of aromatic nitrogens is 3. The van der Waals surface area contributed by atoms with E-state index in [1.165, 1.54) is 0 Å². The first-order valence-electron chi connectivity index (χ1n) is 7.02. The molecule has 1 amide bonds. The Hall–Kier alpha value is -1.43. The first kappa shape index (κ1) is 14.0. The molecule has 2 rings (SSSR count). The van der Waals surface area contributed by atoms with Gasteiger partial charge in [-0.15, -0.1) is 5.10 Å². The van der Waals surface area contributed by atoms with Gasteiger partial charge in [-0.1, -0.05) is 19.1 Å². The number of amides is 1. The first-order valence-corrected chi connectivity index (χ1v) is 7.02. The SMILES string of the molecule is CCN(C(=O)Cn1cc(CNC(C)C)nn1)C1CC1. The van der Waals surface area contributed by atoms with Gasteiger partial charge >= 0.3 is 0 Å². The second-order valence-electron chi connectivity index (χ2n) is 5.35. The van der Waals surface area contributed by atoms with Crippen LogP contribution >= 0.6 is 0 Å². The van der Waals surface area contributed by atoms with E-state index in [1.54, 1.807) is 4.68 Å². The molecule has 1 aliphatic carbocycles. The fraction of sp³-hybridized carbons (Fsp3) is 0.769. The monoisotopic (exact) mass is 265 g/mol. The second-order valence-corrected chi connectivity index (χ2v) is 5.35. The lowest BCUT2D eigenvalue weighted by Gasteiger charge is -2.19. The van der Waals surface area contributed by atoms with Crippen molar-refractivity contribution in [1.29, 1.82) is 0 Å². The summed E-state index contributed by atoms with van der Waals surface area (Å²) in [7, 11) is 0. The van der Waals surface area contributed by atoms with Crippen molar-refractivity contribution in [3.8, 4) is 0 Å². The molecule has 0 spiro atoms. The van der Waals surface area contributed by atoms with Gasteiger partial charge < -0.3 is 10.2 Å². The molecule has 0 aliphatic heterocycles. The van der Waals surface area contributed by atoms with Gasteiger partial charge in [-0.25, -0.2) is 4.68 Å². The van der Waals surface area contributed by atoms with E-state index in [0.717, 1.165) is 25.1 Å². The molecule has 1 aliphatic rings. The highest BCUT2D eigenvalue weighted by atomic mass is 16.2. The Kier molecular flexibility index (Phi) is 4.52. The molecule has 0 unspecified atom stereocenters. The van der Waals surface area contributed by atoms with E-state index in [1.807, 2.05) is 18.0 Å². The molecule has 1 saturated carbocycles. The first-order chi connectivity index (χ1) is 9.10. The topological polar surface area (TPSA) is 63.1 Å². The van der Waals surface area contributed by atoms with Crippen molar-refractivity contribution in [3.63, 3.8) is 0 Å². The Morgan fingerprint density at radius 1 is 1.58 bits per heavy atom. The summed E-state index contributed by atoms with van der Waals surface area (Å²) in [5, 5.41) is 11.4. The quantitative estimate of drug-likeness (QED) is 0.791. The zero-order chi connectivity index (χ0) is 13.8. The number of likely N-dealkylation sites (N-methyl/N-ethyl adjacent to an activating group) is 1. The molecule has 1 fully saturated rings. The Morgan fingerprint density at radius 2 is 2.32 bits per heavy atom. The lowest BCUT2D eigenvalue weighted by atomic mass is 10.3. The molecule has 6 heteroatoms. The number of nitrogens with zero attached hydrogens (tertiary/aromatic N) is 4. The van der Waals surface area contributed by atoms with Crippen molar-refractivity contribution in [2.45, 2.75) is 58.8 Å². The highest BCUT2D eigenvalue weighted by Crippen LogP contribution is 2.26. The van der Waals surface area contributed by atoms with Crippen molar-refractivity contribution in [2.24, 2.45) is 0 Å². The number of hydrogen-bond donors (Lipinski definition) is 1. The number of carbonyl (C=O) groups excluding carboxylic acids is 1. The highest BCUT2D eigenvalue weighted by molar-refractivity contribution is 5.76. The maximum absolute atomic E-state index is 12.1. The molecule has 6 nitrogen and oxygen atoms in total. The van der Waals surface area contributed by atoms with Crippen LogP contribution in [0.15, 0.2) is 6.20 Å². The largest absolute Gasteiger partial charge is 0.338 e. The van der Waals surface area contributed by atoms with Gasteiger partial charge in [-0.2, -0.15) is 0 Å². The molecule has 1 N–H and O–H groups in total. The minimum Gasteiger partial charge on any atom is -0.338 e. The standard InChI is InChI=1S/C13H23N5O/c1-4-18(12-5-6-12)13(19)9-17-8-11(15-16-17)7-14-10(2)3/h8,10,12,14H,4-7,9H2,1-3H3. The molecular weight excluding hydrogens is 242 g/mol. The van der Waals surface area contributed by atoms with Gasteiger partial charge in [-0.3, -0.25) is 4.79 Å². The molecule has 0 aromatic carbocycles. The van der Waals surface area contributed by atoms with E-state index in [2.05, 4.69) is 29.5 Å². The Labute approximate surface area is 114 Å². The maximum atomic E-state index is 12.1. The summed E-state index contributed by atoms with van der Waals surface area (Å²) in [5.74, 6) is 0.137. The lowest BCUT2D eigenvalue weighted by molar-refractivity contribution is -0.132. The van der Waals surface area contributed by atoms with Crippen LogP contribution in [-0.4, -0.2) is 44.4 Å². The van der Waals surface area contributed by atoms with Crippen LogP contribution in [0.25, 0.3) is 0 Å². The highest BCUT2D eigenvalue weighted by Gasteiger charge is 2.31. The van der Waals surface area contributed by atoms with E-state index in [-0.39, 0.29) is 5.91 Å². The average molecular weight is 265 g/mol. The Morgan fingerprint density at radius 3 is 2.89 bits per heavy atom. The van der Waals surface area contributed by atoms with Gasteiger partial charge in [0.1, 0.15) is 6.54 Å². The van der Waals surface area contributed by atoms with Crippen LogP contribution in [0.2, 0.25) is 0 Å². The number of hydrogen-bond acceptors (Lipinski definition) is 4. The third-order valence-corrected chi connectivity index (χ3v) is 3.22. The van der Waals surface area contributed by atoms with Crippen molar-refractivity contribution < 1.29 is 4.79 Å². The average Bonchev–Trinajstić information content (AvgIpc) is 3.08. The summed E-state index contributed by atoms with van der Waals surface area (Å²) < 4.78 is 1.63. The molecular formula is C13H23N5O. The van der Waals surface area contributed by atoms with Crippen LogP contribution < -0.4 is 5.32 Å². The van der Waals surface area contributed by atoms with Crippen molar-refractivity contribution >= 4 is 5.91 Å². The lowest BCUT2D eigenvalue weighted by Crippen LogP contribution is -2.35.